The van der Waals surface area contributed by atoms with Crippen LogP contribution in [-0.2, 0) is 15.1 Å². The molecule has 4 rings (SSSR count). The summed E-state index contributed by atoms with van der Waals surface area (Å²) in [5.74, 6) is -1.49. The fourth-order valence-corrected chi connectivity index (χ4v) is 5.02. The Morgan fingerprint density at radius 2 is 1.94 bits per heavy atom. The normalized spacial score (nSPS) is 20.9. The summed E-state index contributed by atoms with van der Waals surface area (Å²) < 4.78 is 1.72. The first-order valence-corrected chi connectivity index (χ1v) is 11.7. The molecule has 1 saturated heterocycles. The van der Waals surface area contributed by atoms with Crippen molar-refractivity contribution >= 4 is 23.2 Å². The van der Waals surface area contributed by atoms with Gasteiger partial charge in [0.1, 0.15) is 5.01 Å². The molecule has 0 aliphatic carbocycles. The van der Waals surface area contributed by atoms with Gasteiger partial charge in [-0.15, -0.1) is 11.3 Å². The van der Waals surface area contributed by atoms with E-state index >= 15 is 0 Å². The van der Waals surface area contributed by atoms with E-state index in [2.05, 4.69) is 15.4 Å². The summed E-state index contributed by atoms with van der Waals surface area (Å²) in [7, 11) is 0. The highest BCUT2D eigenvalue weighted by Crippen LogP contribution is 2.39. The summed E-state index contributed by atoms with van der Waals surface area (Å²) >= 11 is 1.44. The molecule has 33 heavy (non-hydrogen) atoms. The smallest absolute Gasteiger partial charge is 0.255 e. The van der Waals surface area contributed by atoms with Crippen molar-refractivity contribution in [3.05, 3.63) is 64.9 Å². The number of aromatic nitrogens is 3. The Labute approximate surface area is 195 Å². The Hall–Kier alpha value is -3.08. The minimum Gasteiger partial charge on any atom is -0.380 e. The third-order valence-corrected chi connectivity index (χ3v) is 7.17. The summed E-state index contributed by atoms with van der Waals surface area (Å²) in [6.07, 6.45) is 2.89. The van der Waals surface area contributed by atoms with Crippen LogP contribution in [0.4, 0.5) is 0 Å². The molecule has 0 saturated carbocycles. The second kappa shape index (κ2) is 9.42. The lowest BCUT2D eigenvalue weighted by Gasteiger charge is -2.35. The van der Waals surface area contributed by atoms with Crippen molar-refractivity contribution in [1.29, 1.82) is 0 Å². The van der Waals surface area contributed by atoms with Gasteiger partial charge in [-0.1, -0.05) is 12.1 Å². The van der Waals surface area contributed by atoms with Crippen LogP contribution in [0.5, 0.6) is 0 Å². The number of carbonyl (C=O) groups is 2. The second-order valence-electron chi connectivity index (χ2n) is 8.37. The van der Waals surface area contributed by atoms with Gasteiger partial charge in [0.15, 0.2) is 12.2 Å². The number of carbonyl (C=O) groups excluding carboxylic acids is 2. The summed E-state index contributed by atoms with van der Waals surface area (Å²) in [5.41, 5.74) is 1.02. The molecule has 3 N–H and O–H groups in total. The zero-order chi connectivity index (χ0) is 23.6. The maximum Gasteiger partial charge on any atom is 0.255 e. The molecular weight excluding hydrogens is 442 g/mol. The van der Waals surface area contributed by atoms with Gasteiger partial charge in [-0.3, -0.25) is 9.59 Å². The first-order valence-electron chi connectivity index (χ1n) is 10.8. The Morgan fingerprint density at radius 1 is 1.18 bits per heavy atom. The SMILES string of the molecule is C[C@@H](NC(=O)[C@H](O)[C@@H](O)C(=O)N1CCCC1(C)c1nccs1)c1ccc(-n2cccn2)cc1. The van der Waals surface area contributed by atoms with E-state index in [4.69, 9.17) is 0 Å². The second-order valence-corrected chi connectivity index (χ2v) is 9.26. The van der Waals surface area contributed by atoms with E-state index in [0.717, 1.165) is 22.7 Å². The van der Waals surface area contributed by atoms with Crippen molar-refractivity contribution in [2.75, 3.05) is 6.54 Å². The Morgan fingerprint density at radius 3 is 2.58 bits per heavy atom. The summed E-state index contributed by atoms with van der Waals surface area (Å²) in [5, 5.41) is 30.4. The van der Waals surface area contributed by atoms with Crippen LogP contribution >= 0.6 is 11.3 Å². The van der Waals surface area contributed by atoms with Gasteiger partial charge in [-0.2, -0.15) is 5.10 Å². The summed E-state index contributed by atoms with van der Waals surface area (Å²) in [6, 6.07) is 8.82. The molecule has 1 aliphatic heterocycles. The quantitative estimate of drug-likeness (QED) is 0.485. The summed E-state index contributed by atoms with van der Waals surface area (Å²) in [6.45, 7) is 4.09. The van der Waals surface area contributed by atoms with E-state index in [0.29, 0.717) is 13.0 Å². The number of nitrogens with zero attached hydrogens (tertiary/aromatic N) is 4. The van der Waals surface area contributed by atoms with E-state index in [-0.39, 0.29) is 0 Å². The van der Waals surface area contributed by atoms with Crippen LogP contribution in [0.3, 0.4) is 0 Å². The fourth-order valence-electron chi connectivity index (χ4n) is 4.19. The molecule has 1 aromatic carbocycles. The predicted molar refractivity (Wildman–Crippen MR) is 123 cm³/mol. The molecule has 9 nitrogen and oxygen atoms in total. The zero-order valence-electron chi connectivity index (χ0n) is 18.5. The number of rotatable bonds is 7. The van der Waals surface area contributed by atoms with Crippen molar-refractivity contribution in [1.82, 2.24) is 25.0 Å². The molecule has 3 heterocycles. The largest absolute Gasteiger partial charge is 0.380 e. The third-order valence-electron chi connectivity index (χ3n) is 6.14. The molecule has 10 heteroatoms. The molecule has 3 aromatic rings. The lowest BCUT2D eigenvalue weighted by Crippen LogP contribution is -2.54. The zero-order valence-corrected chi connectivity index (χ0v) is 19.3. The first kappa shape index (κ1) is 23.1. The Kier molecular flexibility index (Phi) is 6.59. The number of benzene rings is 1. The highest BCUT2D eigenvalue weighted by Gasteiger charge is 2.46. The standard InChI is InChI=1S/C23H27N5O4S/c1-15(16-5-7-17(8-6-16)28-13-4-10-25-28)26-20(31)18(29)19(30)21(32)27-12-3-9-23(27,2)22-24-11-14-33-22/h4-8,10-11,13-15,18-19,29-30H,3,9,12H2,1-2H3,(H,26,31)/t15-,18-,19-,23?/m1/s1. The van der Waals surface area contributed by atoms with Gasteiger partial charge in [0.05, 0.1) is 17.3 Å². The molecule has 2 amide bonds. The van der Waals surface area contributed by atoms with E-state index in [1.54, 1.807) is 24.0 Å². The average molecular weight is 470 g/mol. The average Bonchev–Trinajstić information content (AvgIpc) is 3.60. The number of thiazole rings is 1. The van der Waals surface area contributed by atoms with Crippen LogP contribution in [0.1, 0.15) is 43.3 Å². The maximum atomic E-state index is 13.0. The fraction of sp³-hybridized carbons (Fsp3) is 0.391. The molecule has 4 atom stereocenters. The molecule has 0 bridgehead atoms. The molecule has 1 unspecified atom stereocenters. The third kappa shape index (κ3) is 4.54. The number of aliphatic hydroxyl groups excluding tert-OH is 2. The highest BCUT2D eigenvalue weighted by molar-refractivity contribution is 7.09. The number of likely N-dealkylation sites (tertiary alicyclic amines) is 1. The Balaban J connectivity index is 1.39. The van der Waals surface area contributed by atoms with Crippen LogP contribution in [0.25, 0.3) is 5.69 Å². The van der Waals surface area contributed by atoms with Gasteiger partial charge in [0.2, 0.25) is 0 Å². The number of nitrogens with one attached hydrogen (secondary N) is 1. The molecule has 2 aromatic heterocycles. The van der Waals surface area contributed by atoms with E-state index in [9.17, 15) is 19.8 Å². The van der Waals surface area contributed by atoms with Crippen molar-refractivity contribution in [3.8, 4) is 5.69 Å². The van der Waals surface area contributed by atoms with Crippen LogP contribution in [0.2, 0.25) is 0 Å². The first-order chi connectivity index (χ1) is 15.8. The van der Waals surface area contributed by atoms with Gasteiger partial charge in [-0.25, -0.2) is 9.67 Å². The van der Waals surface area contributed by atoms with Crippen molar-refractivity contribution in [3.63, 3.8) is 0 Å². The number of hydrogen-bond acceptors (Lipinski definition) is 7. The highest BCUT2D eigenvalue weighted by atomic mass is 32.1. The predicted octanol–water partition coefficient (Wildman–Crippen LogP) is 1.77. The van der Waals surface area contributed by atoms with Gasteiger partial charge in [0, 0.05) is 30.5 Å². The minimum absolute atomic E-state index is 0.430. The van der Waals surface area contributed by atoms with E-state index in [1.807, 2.05) is 48.8 Å². The molecule has 0 spiro atoms. The van der Waals surface area contributed by atoms with Crippen molar-refractivity contribution in [2.24, 2.45) is 0 Å². The van der Waals surface area contributed by atoms with Crippen LogP contribution in [0.15, 0.2) is 54.3 Å². The minimum atomic E-state index is -1.88. The molecule has 174 valence electrons. The number of aliphatic hydroxyl groups is 2. The van der Waals surface area contributed by atoms with Gasteiger partial charge < -0.3 is 20.4 Å². The maximum absolute atomic E-state index is 13.0. The lowest BCUT2D eigenvalue weighted by molar-refractivity contribution is -0.156. The van der Waals surface area contributed by atoms with Crippen molar-refractivity contribution < 1.29 is 19.8 Å². The van der Waals surface area contributed by atoms with Gasteiger partial charge >= 0.3 is 0 Å². The van der Waals surface area contributed by atoms with E-state index < -0.39 is 35.6 Å². The van der Waals surface area contributed by atoms with Crippen LogP contribution < -0.4 is 5.32 Å². The van der Waals surface area contributed by atoms with Gasteiger partial charge in [-0.05, 0) is 50.5 Å². The number of amides is 2. The molecule has 1 fully saturated rings. The van der Waals surface area contributed by atoms with Crippen LogP contribution in [-0.4, -0.2) is 60.4 Å². The molecule has 0 radical (unpaired) electrons. The van der Waals surface area contributed by atoms with Gasteiger partial charge in [0.25, 0.3) is 11.8 Å². The Bertz CT molecular complexity index is 1090. The summed E-state index contributed by atoms with van der Waals surface area (Å²) in [4.78, 5) is 31.5. The lowest BCUT2D eigenvalue weighted by atomic mass is 9.98. The van der Waals surface area contributed by atoms with Crippen LogP contribution in [0, 0.1) is 0 Å². The topological polar surface area (TPSA) is 121 Å². The van der Waals surface area contributed by atoms with E-state index in [1.165, 1.54) is 16.2 Å². The number of hydrogen-bond donors (Lipinski definition) is 3. The molecule has 1 aliphatic rings. The monoisotopic (exact) mass is 469 g/mol. The van der Waals surface area contributed by atoms with Crippen molar-refractivity contribution in [2.45, 2.75) is 50.5 Å². The molecular formula is C23H27N5O4S.